The van der Waals surface area contributed by atoms with Crippen molar-refractivity contribution in [3.63, 3.8) is 0 Å². The van der Waals surface area contributed by atoms with E-state index in [1.165, 1.54) is 0 Å². The molecule has 0 bridgehead atoms. The maximum absolute atomic E-state index is 12.9. The van der Waals surface area contributed by atoms with Crippen molar-refractivity contribution in [1.29, 1.82) is 0 Å². The summed E-state index contributed by atoms with van der Waals surface area (Å²) in [6, 6.07) is 19.6. The highest BCUT2D eigenvalue weighted by Crippen LogP contribution is 2.22. The van der Waals surface area contributed by atoms with Crippen molar-refractivity contribution in [2.45, 2.75) is 26.3 Å². The zero-order valence-corrected chi connectivity index (χ0v) is 23.2. The standard InChI is InChI=1S/C29H39N7OS/c1-3-34(4-2)15-14-31-29(38)32-24-11-12-26-23(21-24)10-13-27(33-26)35-16-18-36(19-17-35)28(37)25(30)20-22-8-6-5-7-9-22/h5-13,21,25H,3-4,14-20,30H2,1-2H3,(H2,31,32,38). The van der Waals surface area contributed by atoms with Gasteiger partial charge >= 0.3 is 0 Å². The Morgan fingerprint density at radius 2 is 1.79 bits per heavy atom. The van der Waals surface area contributed by atoms with E-state index in [-0.39, 0.29) is 5.91 Å². The van der Waals surface area contributed by atoms with E-state index in [0.717, 1.165) is 67.2 Å². The van der Waals surface area contributed by atoms with Crippen LogP contribution in [-0.2, 0) is 11.2 Å². The first kappa shape index (κ1) is 27.8. The highest BCUT2D eigenvalue weighted by molar-refractivity contribution is 7.80. The largest absolute Gasteiger partial charge is 0.361 e. The van der Waals surface area contributed by atoms with Crippen LogP contribution in [0.2, 0.25) is 0 Å². The summed E-state index contributed by atoms with van der Waals surface area (Å²) in [7, 11) is 0. The van der Waals surface area contributed by atoms with Crippen LogP contribution in [0, 0.1) is 0 Å². The van der Waals surface area contributed by atoms with Crippen molar-refractivity contribution in [2.75, 3.05) is 62.6 Å². The quantitative estimate of drug-likeness (QED) is 0.343. The Kier molecular flexibility index (Phi) is 9.86. The molecule has 0 aliphatic carbocycles. The van der Waals surface area contributed by atoms with Crippen molar-refractivity contribution < 1.29 is 4.79 Å². The van der Waals surface area contributed by atoms with E-state index in [9.17, 15) is 4.79 Å². The summed E-state index contributed by atoms with van der Waals surface area (Å²) in [5.74, 6) is 0.938. The molecule has 1 unspecified atom stereocenters. The van der Waals surface area contributed by atoms with Crippen LogP contribution in [0.3, 0.4) is 0 Å². The van der Waals surface area contributed by atoms with Gasteiger partial charge in [0.2, 0.25) is 5.91 Å². The fourth-order valence-electron chi connectivity index (χ4n) is 4.76. The van der Waals surface area contributed by atoms with Gasteiger partial charge in [-0.3, -0.25) is 4.79 Å². The third kappa shape index (κ3) is 7.40. The molecule has 2 aromatic carbocycles. The van der Waals surface area contributed by atoms with Gasteiger partial charge in [0.25, 0.3) is 0 Å². The number of fused-ring (bicyclic) bond motifs is 1. The summed E-state index contributed by atoms with van der Waals surface area (Å²) in [5, 5.41) is 8.23. The minimum Gasteiger partial charge on any atom is -0.361 e. The van der Waals surface area contributed by atoms with E-state index in [1.807, 2.05) is 53.4 Å². The number of nitrogens with zero attached hydrogens (tertiary/aromatic N) is 4. The van der Waals surface area contributed by atoms with Crippen LogP contribution in [0.1, 0.15) is 19.4 Å². The summed E-state index contributed by atoms with van der Waals surface area (Å²) in [5.41, 5.74) is 9.19. The van der Waals surface area contributed by atoms with Gasteiger partial charge < -0.3 is 31.1 Å². The van der Waals surface area contributed by atoms with Gasteiger partial charge in [-0.05, 0) is 67.6 Å². The second-order valence-electron chi connectivity index (χ2n) is 9.59. The molecule has 38 heavy (non-hydrogen) atoms. The lowest BCUT2D eigenvalue weighted by atomic mass is 10.1. The molecule has 4 N–H and O–H groups in total. The number of amides is 1. The van der Waals surface area contributed by atoms with Gasteiger partial charge in [-0.15, -0.1) is 0 Å². The number of hydrogen-bond donors (Lipinski definition) is 3. The van der Waals surface area contributed by atoms with Crippen molar-refractivity contribution in [3.8, 4) is 0 Å². The molecule has 1 saturated heterocycles. The number of aromatic nitrogens is 1. The summed E-state index contributed by atoms with van der Waals surface area (Å²) in [6.07, 6.45) is 0.556. The summed E-state index contributed by atoms with van der Waals surface area (Å²) in [6.45, 7) is 10.9. The second-order valence-corrected chi connectivity index (χ2v) is 10.0. The number of hydrogen-bond acceptors (Lipinski definition) is 6. The maximum Gasteiger partial charge on any atom is 0.239 e. The molecule has 0 saturated carbocycles. The number of rotatable bonds is 10. The Labute approximate surface area is 231 Å². The lowest BCUT2D eigenvalue weighted by Crippen LogP contribution is -2.53. The van der Waals surface area contributed by atoms with Crippen LogP contribution in [0.4, 0.5) is 11.5 Å². The topological polar surface area (TPSA) is 89.8 Å². The predicted molar refractivity (Wildman–Crippen MR) is 161 cm³/mol. The number of benzene rings is 2. The molecule has 0 spiro atoms. The van der Waals surface area contributed by atoms with Crippen LogP contribution in [0.5, 0.6) is 0 Å². The number of likely N-dealkylation sites (N-methyl/N-ethyl adjacent to an activating group) is 1. The molecular formula is C29H39N7OS. The molecule has 8 nitrogen and oxygen atoms in total. The summed E-state index contributed by atoms with van der Waals surface area (Å²) < 4.78 is 0. The van der Waals surface area contributed by atoms with Crippen LogP contribution in [-0.4, -0.2) is 84.2 Å². The lowest BCUT2D eigenvalue weighted by Gasteiger charge is -2.36. The number of pyridine rings is 1. The van der Waals surface area contributed by atoms with Crippen LogP contribution in [0.15, 0.2) is 60.7 Å². The molecule has 1 aromatic heterocycles. The number of nitrogens with two attached hydrogens (primary N) is 1. The number of carbonyl (C=O) groups excluding carboxylic acids is 1. The van der Waals surface area contributed by atoms with Crippen molar-refractivity contribution in [1.82, 2.24) is 20.1 Å². The first-order valence-electron chi connectivity index (χ1n) is 13.5. The first-order valence-corrected chi connectivity index (χ1v) is 13.9. The zero-order chi connectivity index (χ0) is 26.9. The third-order valence-electron chi connectivity index (χ3n) is 7.07. The van der Waals surface area contributed by atoms with Crippen LogP contribution >= 0.6 is 12.2 Å². The maximum atomic E-state index is 12.9. The molecule has 0 radical (unpaired) electrons. The van der Waals surface area contributed by atoms with E-state index >= 15 is 0 Å². The minimum atomic E-state index is -0.518. The summed E-state index contributed by atoms with van der Waals surface area (Å²) >= 11 is 5.47. The Morgan fingerprint density at radius 3 is 2.50 bits per heavy atom. The average Bonchev–Trinajstić information content (AvgIpc) is 2.95. The van der Waals surface area contributed by atoms with Crippen molar-refractivity contribution in [3.05, 3.63) is 66.2 Å². The Balaban J connectivity index is 1.28. The van der Waals surface area contributed by atoms with Gasteiger partial charge in [0.15, 0.2) is 5.11 Å². The Bertz CT molecular complexity index is 1210. The van der Waals surface area contributed by atoms with Crippen molar-refractivity contribution in [2.24, 2.45) is 5.73 Å². The molecule has 202 valence electrons. The zero-order valence-electron chi connectivity index (χ0n) is 22.4. The molecule has 1 fully saturated rings. The number of carbonyl (C=O) groups is 1. The van der Waals surface area contributed by atoms with Gasteiger partial charge in [-0.2, -0.15) is 0 Å². The van der Waals surface area contributed by atoms with E-state index < -0.39 is 6.04 Å². The second kappa shape index (κ2) is 13.5. The van der Waals surface area contributed by atoms with Crippen LogP contribution in [0.25, 0.3) is 10.9 Å². The minimum absolute atomic E-state index is 0.0143. The van der Waals surface area contributed by atoms with Crippen LogP contribution < -0.4 is 21.3 Å². The number of anilines is 2. The molecule has 3 aromatic rings. The SMILES string of the molecule is CCN(CC)CCNC(=S)Nc1ccc2nc(N3CCN(C(=O)C(N)Cc4ccccc4)CC3)ccc2c1. The molecule has 4 rings (SSSR count). The normalized spacial score (nSPS) is 14.5. The van der Waals surface area contributed by atoms with Gasteiger partial charge in [-0.1, -0.05) is 44.2 Å². The van der Waals surface area contributed by atoms with Gasteiger partial charge in [-0.25, -0.2) is 4.98 Å². The fraction of sp³-hybridized carbons (Fsp3) is 0.414. The third-order valence-corrected chi connectivity index (χ3v) is 7.32. The summed E-state index contributed by atoms with van der Waals surface area (Å²) in [4.78, 5) is 24.2. The van der Waals surface area contributed by atoms with E-state index in [1.54, 1.807) is 0 Å². The predicted octanol–water partition coefficient (Wildman–Crippen LogP) is 3.08. The number of nitrogens with one attached hydrogen (secondary N) is 2. The molecule has 1 atom stereocenters. The first-order chi connectivity index (χ1) is 18.5. The smallest absolute Gasteiger partial charge is 0.239 e. The van der Waals surface area contributed by atoms with E-state index in [4.69, 9.17) is 22.9 Å². The molecule has 1 amide bonds. The highest BCUT2D eigenvalue weighted by atomic mass is 32.1. The van der Waals surface area contributed by atoms with E-state index in [2.05, 4.69) is 46.4 Å². The fourth-order valence-corrected chi connectivity index (χ4v) is 4.98. The molecule has 1 aliphatic rings. The highest BCUT2D eigenvalue weighted by Gasteiger charge is 2.26. The lowest BCUT2D eigenvalue weighted by molar-refractivity contribution is -0.132. The average molecular weight is 534 g/mol. The molecular weight excluding hydrogens is 494 g/mol. The number of piperazine rings is 1. The Morgan fingerprint density at radius 1 is 1.05 bits per heavy atom. The van der Waals surface area contributed by atoms with Crippen molar-refractivity contribution >= 4 is 45.6 Å². The molecule has 2 heterocycles. The van der Waals surface area contributed by atoms with Gasteiger partial charge in [0.1, 0.15) is 5.82 Å². The van der Waals surface area contributed by atoms with Gasteiger partial charge in [0.05, 0.1) is 11.6 Å². The number of thiocarbonyl (C=S) groups is 1. The molecule has 1 aliphatic heterocycles. The van der Waals surface area contributed by atoms with E-state index in [0.29, 0.717) is 24.6 Å². The Hall–Kier alpha value is -3.27. The monoisotopic (exact) mass is 533 g/mol. The molecule has 9 heteroatoms. The van der Waals surface area contributed by atoms with Gasteiger partial charge in [0, 0.05) is 50.3 Å².